The first kappa shape index (κ1) is 12.8. The Morgan fingerprint density at radius 3 is 2.85 bits per heavy atom. The van der Waals surface area contributed by atoms with E-state index < -0.39 is 0 Å². The number of morpholine rings is 1. The Balaban J connectivity index is 1.79. The van der Waals surface area contributed by atoms with E-state index in [1.54, 1.807) is 12.5 Å². The zero-order chi connectivity index (χ0) is 13.8. The van der Waals surface area contributed by atoms with E-state index >= 15 is 0 Å². The van der Waals surface area contributed by atoms with Gasteiger partial charge >= 0.3 is 0 Å². The highest BCUT2D eigenvalue weighted by atomic mass is 16.5. The molecule has 104 valence electrons. The van der Waals surface area contributed by atoms with Gasteiger partial charge in [0, 0.05) is 25.4 Å². The number of nitrogens with one attached hydrogen (secondary N) is 1. The molecule has 0 saturated carbocycles. The van der Waals surface area contributed by atoms with Crippen LogP contribution in [0.15, 0.2) is 30.7 Å². The average Bonchev–Trinajstić information content (AvgIpc) is 2.51. The first-order valence-corrected chi connectivity index (χ1v) is 6.66. The van der Waals surface area contributed by atoms with Crippen molar-refractivity contribution in [2.24, 2.45) is 0 Å². The fraction of sp³-hybridized carbons (Fsp3) is 0.357. The molecular formula is C14H17N5O. The van der Waals surface area contributed by atoms with Gasteiger partial charge in [-0.1, -0.05) is 6.07 Å². The predicted molar refractivity (Wildman–Crippen MR) is 77.3 cm³/mol. The van der Waals surface area contributed by atoms with E-state index in [2.05, 4.69) is 25.2 Å². The summed E-state index contributed by atoms with van der Waals surface area (Å²) >= 11 is 0. The van der Waals surface area contributed by atoms with Crippen LogP contribution in [-0.2, 0) is 4.74 Å². The van der Waals surface area contributed by atoms with Gasteiger partial charge in [-0.2, -0.15) is 0 Å². The summed E-state index contributed by atoms with van der Waals surface area (Å²) in [6.07, 6.45) is 3.34. The second-order valence-electron chi connectivity index (χ2n) is 4.65. The number of hydrogen-bond donors (Lipinski definition) is 1. The Labute approximate surface area is 117 Å². The number of rotatable bonds is 3. The molecule has 1 aliphatic heterocycles. The molecule has 0 aliphatic carbocycles. The largest absolute Gasteiger partial charge is 0.378 e. The number of nitrogens with zero attached hydrogens (tertiary/aromatic N) is 4. The highest BCUT2D eigenvalue weighted by Gasteiger charge is 2.13. The number of ether oxygens (including phenoxy) is 1. The fourth-order valence-corrected chi connectivity index (χ4v) is 2.12. The molecule has 0 radical (unpaired) electrons. The van der Waals surface area contributed by atoms with Gasteiger partial charge in [0.15, 0.2) is 0 Å². The minimum absolute atomic E-state index is 0.742. The standard InChI is InChI=1S/C14H17N5O/c1-11-3-2-4-15-14(11)18-12-9-13(17-10-16-12)19-5-7-20-8-6-19/h2-4,9-10H,5-8H2,1H3,(H,15,16,17,18). The second kappa shape index (κ2) is 5.83. The van der Waals surface area contributed by atoms with E-state index in [4.69, 9.17) is 4.74 Å². The Hall–Kier alpha value is -2.21. The number of hydrogen-bond acceptors (Lipinski definition) is 6. The van der Waals surface area contributed by atoms with Gasteiger partial charge in [-0.3, -0.25) is 0 Å². The maximum atomic E-state index is 5.35. The fourth-order valence-electron chi connectivity index (χ4n) is 2.12. The molecule has 0 unspecified atom stereocenters. The summed E-state index contributed by atoms with van der Waals surface area (Å²) in [6.45, 7) is 5.22. The Morgan fingerprint density at radius 1 is 1.20 bits per heavy atom. The molecule has 0 spiro atoms. The highest BCUT2D eigenvalue weighted by Crippen LogP contribution is 2.19. The summed E-state index contributed by atoms with van der Waals surface area (Å²) in [6, 6.07) is 5.87. The van der Waals surface area contributed by atoms with Crippen molar-refractivity contribution in [3.63, 3.8) is 0 Å². The molecule has 6 heteroatoms. The number of pyridine rings is 1. The van der Waals surface area contributed by atoms with Crippen LogP contribution in [0, 0.1) is 6.92 Å². The first-order chi connectivity index (χ1) is 9.83. The third-order valence-corrected chi connectivity index (χ3v) is 3.24. The molecule has 2 aromatic heterocycles. The average molecular weight is 271 g/mol. The molecule has 2 aromatic rings. The van der Waals surface area contributed by atoms with Crippen LogP contribution >= 0.6 is 0 Å². The summed E-state index contributed by atoms with van der Waals surface area (Å²) in [7, 11) is 0. The van der Waals surface area contributed by atoms with Gasteiger partial charge in [0.2, 0.25) is 0 Å². The Morgan fingerprint density at radius 2 is 2.05 bits per heavy atom. The molecule has 3 heterocycles. The smallest absolute Gasteiger partial charge is 0.137 e. The van der Waals surface area contributed by atoms with Gasteiger partial charge in [-0.15, -0.1) is 0 Å². The molecule has 20 heavy (non-hydrogen) atoms. The van der Waals surface area contributed by atoms with Gasteiger partial charge in [-0.25, -0.2) is 15.0 Å². The van der Waals surface area contributed by atoms with E-state index in [1.807, 2.05) is 25.1 Å². The van der Waals surface area contributed by atoms with Crippen molar-refractivity contribution in [1.29, 1.82) is 0 Å². The molecule has 0 amide bonds. The van der Waals surface area contributed by atoms with E-state index in [-0.39, 0.29) is 0 Å². The molecule has 0 bridgehead atoms. The lowest BCUT2D eigenvalue weighted by atomic mass is 10.3. The maximum Gasteiger partial charge on any atom is 0.137 e. The van der Waals surface area contributed by atoms with Crippen LogP contribution in [0.25, 0.3) is 0 Å². The van der Waals surface area contributed by atoms with Gasteiger partial charge < -0.3 is 15.0 Å². The minimum atomic E-state index is 0.742. The zero-order valence-electron chi connectivity index (χ0n) is 11.4. The molecule has 1 aliphatic rings. The van der Waals surface area contributed by atoms with Crippen LogP contribution in [0.5, 0.6) is 0 Å². The Kier molecular flexibility index (Phi) is 3.73. The zero-order valence-corrected chi connectivity index (χ0v) is 11.4. The summed E-state index contributed by atoms with van der Waals surface area (Å²) in [5.41, 5.74) is 1.08. The van der Waals surface area contributed by atoms with Crippen molar-refractivity contribution in [2.45, 2.75) is 6.92 Å². The molecule has 0 atom stereocenters. The molecule has 1 N–H and O–H groups in total. The van der Waals surface area contributed by atoms with Crippen molar-refractivity contribution in [3.8, 4) is 0 Å². The SMILES string of the molecule is Cc1cccnc1Nc1cc(N2CCOCC2)ncn1. The summed E-state index contributed by atoms with van der Waals surface area (Å²) < 4.78 is 5.35. The topological polar surface area (TPSA) is 63.2 Å². The van der Waals surface area contributed by atoms with E-state index in [0.29, 0.717) is 0 Å². The number of aryl methyl sites for hydroxylation is 1. The molecular weight excluding hydrogens is 254 g/mol. The first-order valence-electron chi connectivity index (χ1n) is 6.66. The van der Waals surface area contributed by atoms with Gasteiger partial charge in [0.05, 0.1) is 13.2 Å². The predicted octanol–water partition coefficient (Wildman–Crippen LogP) is 1.76. The van der Waals surface area contributed by atoms with Crippen molar-refractivity contribution < 1.29 is 4.74 Å². The lowest BCUT2D eigenvalue weighted by Gasteiger charge is -2.27. The van der Waals surface area contributed by atoms with Crippen molar-refractivity contribution >= 4 is 17.5 Å². The van der Waals surface area contributed by atoms with Crippen LogP contribution < -0.4 is 10.2 Å². The summed E-state index contributed by atoms with van der Waals surface area (Å²) in [5.74, 6) is 2.49. The van der Waals surface area contributed by atoms with Crippen molar-refractivity contribution in [3.05, 3.63) is 36.3 Å². The summed E-state index contributed by atoms with van der Waals surface area (Å²) in [5, 5.41) is 3.23. The number of aromatic nitrogens is 3. The summed E-state index contributed by atoms with van der Waals surface area (Å²) in [4.78, 5) is 15.1. The molecule has 6 nitrogen and oxygen atoms in total. The second-order valence-corrected chi connectivity index (χ2v) is 4.65. The molecule has 1 fully saturated rings. The lowest BCUT2D eigenvalue weighted by Crippen LogP contribution is -2.36. The maximum absolute atomic E-state index is 5.35. The van der Waals surface area contributed by atoms with E-state index in [9.17, 15) is 0 Å². The van der Waals surface area contributed by atoms with Gasteiger partial charge in [0.25, 0.3) is 0 Å². The van der Waals surface area contributed by atoms with Crippen LogP contribution in [-0.4, -0.2) is 41.3 Å². The Bertz CT molecular complexity index is 583. The minimum Gasteiger partial charge on any atom is -0.378 e. The van der Waals surface area contributed by atoms with Crippen LogP contribution in [0.4, 0.5) is 17.5 Å². The lowest BCUT2D eigenvalue weighted by molar-refractivity contribution is 0.122. The molecule has 0 aromatic carbocycles. The van der Waals surface area contributed by atoms with Crippen LogP contribution in [0.1, 0.15) is 5.56 Å². The van der Waals surface area contributed by atoms with Crippen LogP contribution in [0.3, 0.4) is 0 Å². The van der Waals surface area contributed by atoms with E-state index in [0.717, 1.165) is 49.3 Å². The molecule has 3 rings (SSSR count). The van der Waals surface area contributed by atoms with Gasteiger partial charge in [-0.05, 0) is 18.6 Å². The quantitative estimate of drug-likeness (QED) is 0.917. The third-order valence-electron chi connectivity index (χ3n) is 3.24. The van der Waals surface area contributed by atoms with E-state index in [1.165, 1.54) is 0 Å². The monoisotopic (exact) mass is 271 g/mol. The molecule has 1 saturated heterocycles. The van der Waals surface area contributed by atoms with Gasteiger partial charge in [0.1, 0.15) is 23.8 Å². The highest BCUT2D eigenvalue weighted by molar-refractivity contribution is 5.58. The van der Waals surface area contributed by atoms with Crippen LogP contribution in [0.2, 0.25) is 0 Å². The normalized spacial score (nSPS) is 15.2. The third kappa shape index (κ3) is 2.85. The van der Waals surface area contributed by atoms with Crippen molar-refractivity contribution in [2.75, 3.05) is 36.5 Å². The van der Waals surface area contributed by atoms with Crippen molar-refractivity contribution in [1.82, 2.24) is 15.0 Å². The number of anilines is 3.